The SMILES string of the molecule is CC1CCN(Cc2ccoc2)C(CN)C1. The second kappa shape index (κ2) is 4.81. The quantitative estimate of drug-likeness (QED) is 0.824. The van der Waals surface area contributed by atoms with E-state index in [2.05, 4.69) is 11.8 Å². The molecule has 2 atom stereocenters. The molecular weight excluding hydrogens is 188 g/mol. The topological polar surface area (TPSA) is 42.4 Å². The number of hydrogen-bond acceptors (Lipinski definition) is 3. The van der Waals surface area contributed by atoms with Crippen LogP contribution in [0.2, 0.25) is 0 Å². The molecule has 2 unspecified atom stereocenters. The maximum atomic E-state index is 5.82. The van der Waals surface area contributed by atoms with Crippen LogP contribution in [0.4, 0.5) is 0 Å². The van der Waals surface area contributed by atoms with E-state index in [0.29, 0.717) is 6.04 Å². The molecule has 0 amide bonds. The van der Waals surface area contributed by atoms with Crippen molar-refractivity contribution in [1.82, 2.24) is 4.90 Å². The van der Waals surface area contributed by atoms with E-state index in [-0.39, 0.29) is 0 Å². The minimum absolute atomic E-state index is 0.545. The molecule has 0 bridgehead atoms. The second-order valence-corrected chi connectivity index (χ2v) is 4.62. The Bertz CT molecular complexity index is 284. The molecule has 1 aromatic rings. The van der Waals surface area contributed by atoms with Crippen molar-refractivity contribution in [2.24, 2.45) is 11.7 Å². The third-order valence-electron chi connectivity index (χ3n) is 3.34. The van der Waals surface area contributed by atoms with Crippen LogP contribution in [0, 0.1) is 5.92 Å². The van der Waals surface area contributed by atoms with Gasteiger partial charge >= 0.3 is 0 Å². The number of nitrogens with zero attached hydrogens (tertiary/aromatic N) is 1. The van der Waals surface area contributed by atoms with Gasteiger partial charge in [0.1, 0.15) is 0 Å². The molecule has 0 spiro atoms. The lowest BCUT2D eigenvalue weighted by atomic mass is 9.92. The number of rotatable bonds is 3. The van der Waals surface area contributed by atoms with Gasteiger partial charge in [-0.3, -0.25) is 4.90 Å². The summed E-state index contributed by atoms with van der Waals surface area (Å²) in [4.78, 5) is 2.48. The zero-order valence-electron chi connectivity index (χ0n) is 9.36. The van der Waals surface area contributed by atoms with E-state index in [1.165, 1.54) is 18.4 Å². The van der Waals surface area contributed by atoms with Crippen molar-refractivity contribution in [2.75, 3.05) is 13.1 Å². The first-order valence-electron chi connectivity index (χ1n) is 5.74. The van der Waals surface area contributed by atoms with Gasteiger partial charge < -0.3 is 10.2 Å². The first-order valence-corrected chi connectivity index (χ1v) is 5.74. The van der Waals surface area contributed by atoms with Crippen LogP contribution >= 0.6 is 0 Å². The number of nitrogens with two attached hydrogens (primary N) is 1. The summed E-state index contributed by atoms with van der Waals surface area (Å²) in [5, 5.41) is 0. The summed E-state index contributed by atoms with van der Waals surface area (Å²) in [6.45, 7) is 5.22. The van der Waals surface area contributed by atoms with Gasteiger partial charge in [0, 0.05) is 24.7 Å². The highest BCUT2D eigenvalue weighted by Crippen LogP contribution is 2.23. The predicted molar refractivity (Wildman–Crippen MR) is 60.4 cm³/mol. The van der Waals surface area contributed by atoms with Crippen molar-refractivity contribution in [3.05, 3.63) is 24.2 Å². The van der Waals surface area contributed by atoms with Crippen LogP contribution in [0.25, 0.3) is 0 Å². The minimum atomic E-state index is 0.545. The summed E-state index contributed by atoms with van der Waals surface area (Å²) in [6, 6.07) is 2.58. The lowest BCUT2D eigenvalue weighted by molar-refractivity contribution is 0.115. The van der Waals surface area contributed by atoms with Gasteiger partial charge in [-0.05, 0) is 31.4 Å². The van der Waals surface area contributed by atoms with Crippen molar-refractivity contribution in [3.63, 3.8) is 0 Å². The standard InChI is InChI=1S/C12H20N2O/c1-10-2-4-14(12(6-10)7-13)8-11-3-5-15-9-11/h3,5,9-10,12H,2,4,6-8,13H2,1H3. The maximum absolute atomic E-state index is 5.82. The van der Waals surface area contributed by atoms with Crippen LogP contribution in [-0.2, 0) is 6.54 Å². The monoisotopic (exact) mass is 208 g/mol. The van der Waals surface area contributed by atoms with E-state index in [1.54, 1.807) is 6.26 Å². The van der Waals surface area contributed by atoms with Gasteiger partial charge in [-0.2, -0.15) is 0 Å². The van der Waals surface area contributed by atoms with E-state index in [1.807, 2.05) is 12.3 Å². The van der Waals surface area contributed by atoms with Gasteiger partial charge in [0.2, 0.25) is 0 Å². The molecule has 15 heavy (non-hydrogen) atoms. The Hall–Kier alpha value is -0.800. The molecule has 0 radical (unpaired) electrons. The molecule has 0 aromatic carbocycles. The van der Waals surface area contributed by atoms with Crippen LogP contribution in [0.15, 0.2) is 23.0 Å². The fourth-order valence-corrected chi connectivity index (χ4v) is 2.37. The molecule has 0 saturated carbocycles. The summed E-state index contributed by atoms with van der Waals surface area (Å²) >= 11 is 0. The van der Waals surface area contributed by atoms with E-state index in [4.69, 9.17) is 10.2 Å². The highest BCUT2D eigenvalue weighted by Gasteiger charge is 2.25. The van der Waals surface area contributed by atoms with Crippen LogP contribution in [0.1, 0.15) is 25.3 Å². The molecule has 1 saturated heterocycles. The molecule has 0 aliphatic carbocycles. The smallest absolute Gasteiger partial charge is 0.0947 e. The molecule has 1 aliphatic heterocycles. The summed E-state index contributed by atoms with van der Waals surface area (Å²) in [7, 11) is 0. The first-order chi connectivity index (χ1) is 7.29. The molecule has 1 aromatic heterocycles. The molecule has 3 heteroatoms. The van der Waals surface area contributed by atoms with Crippen molar-refractivity contribution in [2.45, 2.75) is 32.4 Å². The molecule has 3 nitrogen and oxygen atoms in total. The zero-order chi connectivity index (χ0) is 10.7. The Labute approximate surface area is 91.2 Å². The van der Waals surface area contributed by atoms with E-state index in [9.17, 15) is 0 Å². The normalized spacial score (nSPS) is 28.1. The minimum Gasteiger partial charge on any atom is -0.472 e. The summed E-state index contributed by atoms with van der Waals surface area (Å²) < 4.78 is 5.09. The molecule has 2 rings (SSSR count). The van der Waals surface area contributed by atoms with Gasteiger partial charge in [0.25, 0.3) is 0 Å². The summed E-state index contributed by atoms with van der Waals surface area (Å²) in [5.41, 5.74) is 7.07. The number of furan rings is 1. The molecule has 1 aliphatic rings. The van der Waals surface area contributed by atoms with Crippen molar-refractivity contribution in [1.29, 1.82) is 0 Å². The molecule has 2 N–H and O–H groups in total. The number of piperidine rings is 1. The predicted octanol–water partition coefficient (Wildman–Crippen LogP) is 1.84. The van der Waals surface area contributed by atoms with Gasteiger partial charge in [0.15, 0.2) is 0 Å². The van der Waals surface area contributed by atoms with E-state index < -0.39 is 0 Å². The molecule has 2 heterocycles. The Morgan fingerprint density at radius 3 is 3.13 bits per heavy atom. The Morgan fingerprint density at radius 2 is 2.47 bits per heavy atom. The van der Waals surface area contributed by atoms with Crippen molar-refractivity contribution in [3.8, 4) is 0 Å². The average Bonchev–Trinajstić information content (AvgIpc) is 2.73. The third kappa shape index (κ3) is 2.61. The van der Waals surface area contributed by atoms with Crippen LogP contribution < -0.4 is 5.73 Å². The maximum Gasteiger partial charge on any atom is 0.0947 e. The number of likely N-dealkylation sites (tertiary alicyclic amines) is 1. The molecule has 84 valence electrons. The Kier molecular flexibility index (Phi) is 3.44. The average molecular weight is 208 g/mol. The Morgan fingerprint density at radius 1 is 1.60 bits per heavy atom. The summed E-state index contributed by atoms with van der Waals surface area (Å²) in [6.07, 6.45) is 6.08. The van der Waals surface area contributed by atoms with E-state index in [0.717, 1.165) is 25.6 Å². The fraction of sp³-hybridized carbons (Fsp3) is 0.667. The zero-order valence-corrected chi connectivity index (χ0v) is 9.36. The fourth-order valence-electron chi connectivity index (χ4n) is 2.37. The van der Waals surface area contributed by atoms with Gasteiger partial charge in [-0.25, -0.2) is 0 Å². The molecular formula is C12H20N2O. The lowest BCUT2D eigenvalue weighted by Crippen LogP contribution is -2.45. The summed E-state index contributed by atoms with van der Waals surface area (Å²) in [5.74, 6) is 0.819. The highest BCUT2D eigenvalue weighted by atomic mass is 16.3. The van der Waals surface area contributed by atoms with Gasteiger partial charge in [-0.1, -0.05) is 6.92 Å². The Balaban J connectivity index is 1.95. The first kappa shape index (κ1) is 10.7. The molecule has 1 fully saturated rings. The van der Waals surface area contributed by atoms with Crippen LogP contribution in [0.5, 0.6) is 0 Å². The highest BCUT2D eigenvalue weighted by molar-refractivity contribution is 5.05. The largest absolute Gasteiger partial charge is 0.472 e. The van der Waals surface area contributed by atoms with Crippen LogP contribution in [-0.4, -0.2) is 24.0 Å². The van der Waals surface area contributed by atoms with E-state index >= 15 is 0 Å². The second-order valence-electron chi connectivity index (χ2n) is 4.62. The van der Waals surface area contributed by atoms with Gasteiger partial charge in [0.05, 0.1) is 12.5 Å². The van der Waals surface area contributed by atoms with Crippen LogP contribution in [0.3, 0.4) is 0 Å². The van der Waals surface area contributed by atoms with Gasteiger partial charge in [-0.15, -0.1) is 0 Å². The third-order valence-corrected chi connectivity index (χ3v) is 3.34. The van der Waals surface area contributed by atoms with Crippen molar-refractivity contribution < 1.29 is 4.42 Å². The lowest BCUT2D eigenvalue weighted by Gasteiger charge is -2.37. The van der Waals surface area contributed by atoms with Crippen molar-refractivity contribution >= 4 is 0 Å². The number of hydrogen-bond donors (Lipinski definition) is 1.